The molecule has 0 aliphatic rings. The molecule has 198 valence electrons. The predicted octanol–water partition coefficient (Wildman–Crippen LogP) is 5.72. The van der Waals surface area contributed by atoms with Gasteiger partial charge in [0, 0.05) is 10.6 Å². The van der Waals surface area contributed by atoms with E-state index >= 15 is 0 Å². The van der Waals surface area contributed by atoms with Crippen LogP contribution in [0, 0.1) is 0 Å². The zero-order chi connectivity index (χ0) is 28.0. The molecular formula is C25H18Cl2F3N3O5. The molecule has 8 nitrogen and oxygen atoms in total. The van der Waals surface area contributed by atoms with E-state index in [2.05, 4.69) is 5.10 Å². The molecule has 0 unspecified atom stereocenters. The first kappa shape index (κ1) is 28.5. The van der Waals surface area contributed by atoms with Crippen molar-refractivity contribution in [1.29, 1.82) is 0 Å². The summed E-state index contributed by atoms with van der Waals surface area (Å²) in [6.07, 6.45) is -4.67. The highest BCUT2D eigenvalue weighted by atomic mass is 35.5. The molecule has 3 aromatic carbocycles. The Kier molecular flexibility index (Phi) is 8.97. The second-order valence-electron chi connectivity index (χ2n) is 7.55. The number of methoxy groups -OCH3 is 1. The average Bonchev–Trinajstić information content (AvgIpc) is 2.88. The molecule has 0 bridgehead atoms. The number of amides is 2. The first-order valence-corrected chi connectivity index (χ1v) is 11.3. The van der Waals surface area contributed by atoms with Crippen LogP contribution in [0.1, 0.15) is 28.4 Å². The van der Waals surface area contributed by atoms with Crippen LogP contribution in [0.15, 0.2) is 65.8 Å². The fourth-order valence-electron chi connectivity index (χ4n) is 2.95. The molecule has 0 aliphatic heterocycles. The van der Waals surface area contributed by atoms with Gasteiger partial charge in [-0.1, -0.05) is 23.2 Å². The summed E-state index contributed by atoms with van der Waals surface area (Å²) in [6.45, 7) is 1.51. The fourth-order valence-corrected chi connectivity index (χ4v) is 3.24. The summed E-state index contributed by atoms with van der Waals surface area (Å²) < 4.78 is 49.4. The van der Waals surface area contributed by atoms with Gasteiger partial charge in [-0.25, -0.2) is 10.2 Å². The van der Waals surface area contributed by atoms with Gasteiger partial charge in [0.25, 0.3) is 0 Å². The van der Waals surface area contributed by atoms with Gasteiger partial charge in [0.2, 0.25) is 0 Å². The van der Waals surface area contributed by atoms with Crippen LogP contribution in [0.5, 0.6) is 11.5 Å². The van der Waals surface area contributed by atoms with Crippen LogP contribution in [0.3, 0.4) is 0 Å². The molecule has 13 heteroatoms. The number of hydrazone groups is 1. The Labute approximate surface area is 224 Å². The van der Waals surface area contributed by atoms with Crippen LogP contribution >= 0.6 is 23.2 Å². The van der Waals surface area contributed by atoms with Gasteiger partial charge >= 0.3 is 24.0 Å². The Hall–Kier alpha value is -4.09. The topological polar surface area (TPSA) is 106 Å². The summed E-state index contributed by atoms with van der Waals surface area (Å²) in [6, 6.07) is 12.8. The minimum Gasteiger partial charge on any atom is -0.493 e. The van der Waals surface area contributed by atoms with Gasteiger partial charge in [-0.2, -0.15) is 18.3 Å². The Morgan fingerprint density at radius 1 is 0.868 bits per heavy atom. The maximum atomic E-state index is 12.9. The molecule has 0 atom stereocenters. The smallest absolute Gasteiger partial charge is 0.416 e. The quantitative estimate of drug-likeness (QED) is 0.130. The van der Waals surface area contributed by atoms with Gasteiger partial charge in [-0.3, -0.25) is 9.59 Å². The SMILES string of the molecule is COc1cc(/C(C)=N/NC(=O)C(=O)Nc2cc(C(F)(F)F)ccc2Cl)ccc1OC(=O)c1ccc(Cl)cc1. The van der Waals surface area contributed by atoms with Crippen molar-refractivity contribution >= 4 is 52.4 Å². The predicted molar refractivity (Wildman–Crippen MR) is 135 cm³/mol. The first-order chi connectivity index (χ1) is 17.9. The van der Waals surface area contributed by atoms with E-state index in [0.717, 1.165) is 12.1 Å². The van der Waals surface area contributed by atoms with Crippen LogP contribution in [0.2, 0.25) is 10.0 Å². The number of hydrogen-bond donors (Lipinski definition) is 2. The first-order valence-electron chi connectivity index (χ1n) is 10.6. The second-order valence-corrected chi connectivity index (χ2v) is 8.39. The van der Waals surface area contributed by atoms with Crippen LogP contribution in [0.25, 0.3) is 0 Å². The Morgan fingerprint density at radius 3 is 2.16 bits per heavy atom. The van der Waals surface area contributed by atoms with Crippen molar-refractivity contribution in [3.8, 4) is 11.5 Å². The molecule has 0 saturated heterocycles. The second kappa shape index (κ2) is 12.0. The van der Waals surface area contributed by atoms with E-state index in [9.17, 15) is 27.6 Å². The summed E-state index contributed by atoms with van der Waals surface area (Å²) in [5.41, 5.74) is 1.51. The number of halogens is 5. The molecule has 0 spiro atoms. The number of nitrogens with one attached hydrogen (secondary N) is 2. The highest BCUT2D eigenvalue weighted by Crippen LogP contribution is 2.34. The molecule has 3 aromatic rings. The van der Waals surface area contributed by atoms with Crippen LogP contribution in [-0.4, -0.2) is 30.6 Å². The molecule has 3 rings (SSSR count). The lowest BCUT2D eigenvalue weighted by Crippen LogP contribution is -2.33. The molecule has 0 saturated carbocycles. The third kappa shape index (κ3) is 7.24. The summed E-state index contributed by atoms with van der Waals surface area (Å²) in [5.74, 6) is -2.88. The molecule has 2 N–H and O–H groups in total. The highest BCUT2D eigenvalue weighted by molar-refractivity contribution is 6.41. The van der Waals surface area contributed by atoms with Crippen molar-refractivity contribution in [2.45, 2.75) is 13.1 Å². The zero-order valence-electron chi connectivity index (χ0n) is 19.7. The normalized spacial score (nSPS) is 11.5. The number of ether oxygens (including phenoxy) is 2. The third-order valence-corrected chi connectivity index (χ3v) is 5.52. The molecular weight excluding hydrogens is 550 g/mol. The maximum absolute atomic E-state index is 12.9. The summed E-state index contributed by atoms with van der Waals surface area (Å²) >= 11 is 11.6. The van der Waals surface area contributed by atoms with E-state index in [0.29, 0.717) is 16.7 Å². The van der Waals surface area contributed by atoms with E-state index < -0.39 is 35.2 Å². The van der Waals surface area contributed by atoms with Gasteiger partial charge in [-0.05, 0) is 67.6 Å². The fraction of sp³-hybridized carbons (Fsp3) is 0.120. The lowest BCUT2D eigenvalue weighted by molar-refractivity contribution is -0.137. The average molecular weight is 568 g/mol. The van der Waals surface area contributed by atoms with Crippen molar-refractivity contribution in [3.05, 3.63) is 87.4 Å². The van der Waals surface area contributed by atoms with Crippen molar-refractivity contribution in [1.82, 2.24) is 5.43 Å². The van der Waals surface area contributed by atoms with Crippen LogP contribution in [0.4, 0.5) is 18.9 Å². The number of carbonyl (C=O) groups excluding carboxylic acids is 3. The molecule has 0 fully saturated rings. The summed E-state index contributed by atoms with van der Waals surface area (Å²) in [4.78, 5) is 36.7. The lowest BCUT2D eigenvalue weighted by Gasteiger charge is -2.12. The standard InChI is InChI=1S/C25H18Cl2F3N3O5/c1-13(32-33-23(35)22(34)31-19-12-16(25(28,29)30)6-9-18(19)27)15-5-10-20(21(11-15)37-2)38-24(36)14-3-7-17(26)8-4-14/h3-12H,1-2H3,(H,31,34)(H,33,35)/b32-13+. The number of alkyl halides is 3. The van der Waals surface area contributed by atoms with E-state index in [4.69, 9.17) is 32.7 Å². The zero-order valence-corrected chi connectivity index (χ0v) is 21.2. The van der Waals surface area contributed by atoms with Crippen molar-refractivity contribution in [2.75, 3.05) is 12.4 Å². The van der Waals surface area contributed by atoms with Gasteiger partial charge in [-0.15, -0.1) is 0 Å². The number of anilines is 1. The largest absolute Gasteiger partial charge is 0.493 e. The van der Waals surface area contributed by atoms with Gasteiger partial charge < -0.3 is 14.8 Å². The van der Waals surface area contributed by atoms with Gasteiger partial charge in [0.15, 0.2) is 11.5 Å². The monoisotopic (exact) mass is 567 g/mol. The van der Waals surface area contributed by atoms with E-state index in [1.54, 1.807) is 12.1 Å². The number of esters is 1. The Bertz CT molecular complexity index is 1410. The minimum atomic E-state index is -4.67. The Balaban J connectivity index is 1.68. The number of carbonyl (C=O) groups is 3. The molecule has 0 radical (unpaired) electrons. The maximum Gasteiger partial charge on any atom is 0.416 e. The van der Waals surface area contributed by atoms with Crippen molar-refractivity contribution < 1.29 is 37.0 Å². The molecule has 0 aromatic heterocycles. The minimum absolute atomic E-state index is 0.116. The lowest BCUT2D eigenvalue weighted by atomic mass is 10.1. The summed E-state index contributed by atoms with van der Waals surface area (Å²) in [7, 11) is 1.36. The van der Waals surface area contributed by atoms with Gasteiger partial charge in [0.1, 0.15) is 0 Å². The molecule has 38 heavy (non-hydrogen) atoms. The van der Waals surface area contributed by atoms with Crippen LogP contribution < -0.4 is 20.2 Å². The molecule has 2 amide bonds. The van der Waals surface area contributed by atoms with Crippen LogP contribution in [-0.2, 0) is 15.8 Å². The van der Waals surface area contributed by atoms with E-state index in [1.165, 1.54) is 44.4 Å². The van der Waals surface area contributed by atoms with Crippen molar-refractivity contribution in [2.24, 2.45) is 5.10 Å². The van der Waals surface area contributed by atoms with E-state index in [1.807, 2.05) is 10.7 Å². The highest BCUT2D eigenvalue weighted by Gasteiger charge is 2.31. The molecule has 0 heterocycles. The number of benzene rings is 3. The van der Waals surface area contributed by atoms with E-state index in [-0.39, 0.29) is 27.8 Å². The number of hydrogen-bond acceptors (Lipinski definition) is 6. The third-order valence-electron chi connectivity index (χ3n) is 4.94. The van der Waals surface area contributed by atoms with Crippen molar-refractivity contribution in [3.63, 3.8) is 0 Å². The number of nitrogens with zero attached hydrogens (tertiary/aromatic N) is 1. The Morgan fingerprint density at radius 2 is 1.53 bits per heavy atom. The summed E-state index contributed by atoms with van der Waals surface area (Å²) in [5, 5.41) is 6.11. The number of rotatable bonds is 6. The molecule has 0 aliphatic carbocycles. The van der Waals surface area contributed by atoms with Gasteiger partial charge in [0.05, 0.1) is 34.7 Å².